The molecular formula is C14H17NO3. The number of nitrogens with zero attached hydrogens (tertiary/aromatic N) is 1. The SMILES string of the molecule is CCOCCN1C(=O)C(=O)c2cc(CC)ccc21. The van der Waals surface area contributed by atoms with Gasteiger partial charge in [0.2, 0.25) is 0 Å². The molecular weight excluding hydrogens is 230 g/mol. The van der Waals surface area contributed by atoms with Gasteiger partial charge in [0, 0.05) is 13.2 Å². The fourth-order valence-electron chi connectivity index (χ4n) is 2.09. The van der Waals surface area contributed by atoms with Gasteiger partial charge in [-0.3, -0.25) is 9.59 Å². The van der Waals surface area contributed by atoms with E-state index in [1.165, 1.54) is 4.90 Å². The molecule has 4 nitrogen and oxygen atoms in total. The van der Waals surface area contributed by atoms with Crippen LogP contribution >= 0.6 is 0 Å². The van der Waals surface area contributed by atoms with Crippen LogP contribution in [-0.4, -0.2) is 31.4 Å². The van der Waals surface area contributed by atoms with Gasteiger partial charge in [-0.2, -0.15) is 0 Å². The first-order chi connectivity index (χ1) is 8.69. The molecule has 0 unspecified atom stereocenters. The summed E-state index contributed by atoms with van der Waals surface area (Å²) < 4.78 is 5.23. The molecule has 0 aromatic heterocycles. The number of Topliss-reactive ketones (excluding diaryl/α,β-unsaturated/α-hetero) is 1. The Bertz CT molecular complexity index is 482. The van der Waals surface area contributed by atoms with Crippen LogP contribution in [0.4, 0.5) is 5.69 Å². The monoisotopic (exact) mass is 247 g/mol. The second kappa shape index (κ2) is 5.31. The van der Waals surface area contributed by atoms with E-state index in [1.807, 2.05) is 32.0 Å². The minimum absolute atomic E-state index is 0.406. The quantitative estimate of drug-likeness (QED) is 0.589. The van der Waals surface area contributed by atoms with Gasteiger partial charge in [-0.1, -0.05) is 13.0 Å². The van der Waals surface area contributed by atoms with Gasteiger partial charge < -0.3 is 9.64 Å². The van der Waals surface area contributed by atoms with Crippen molar-refractivity contribution in [3.05, 3.63) is 29.3 Å². The van der Waals surface area contributed by atoms with Crippen molar-refractivity contribution < 1.29 is 14.3 Å². The van der Waals surface area contributed by atoms with Crippen LogP contribution < -0.4 is 4.90 Å². The van der Waals surface area contributed by atoms with Crippen molar-refractivity contribution >= 4 is 17.4 Å². The average molecular weight is 247 g/mol. The Kier molecular flexibility index (Phi) is 3.77. The first-order valence-corrected chi connectivity index (χ1v) is 6.25. The van der Waals surface area contributed by atoms with Crippen LogP contribution in [-0.2, 0) is 16.0 Å². The zero-order valence-corrected chi connectivity index (χ0v) is 10.7. The predicted octanol–water partition coefficient (Wildman–Crippen LogP) is 1.81. The molecule has 18 heavy (non-hydrogen) atoms. The number of aryl methyl sites for hydroxylation is 1. The van der Waals surface area contributed by atoms with Crippen molar-refractivity contribution in [1.29, 1.82) is 0 Å². The number of hydrogen-bond donors (Lipinski definition) is 0. The van der Waals surface area contributed by atoms with Crippen LogP contribution in [0.3, 0.4) is 0 Å². The van der Waals surface area contributed by atoms with Gasteiger partial charge in [0.15, 0.2) is 0 Å². The Morgan fingerprint density at radius 2 is 2.00 bits per heavy atom. The number of hydrogen-bond acceptors (Lipinski definition) is 3. The zero-order chi connectivity index (χ0) is 13.1. The van der Waals surface area contributed by atoms with E-state index in [1.54, 1.807) is 0 Å². The number of fused-ring (bicyclic) bond motifs is 1. The summed E-state index contributed by atoms with van der Waals surface area (Å²) >= 11 is 0. The molecule has 0 aliphatic carbocycles. The normalized spacial score (nSPS) is 14.2. The minimum Gasteiger partial charge on any atom is -0.380 e. The fourth-order valence-corrected chi connectivity index (χ4v) is 2.09. The molecule has 1 aromatic carbocycles. The first kappa shape index (κ1) is 12.8. The molecule has 1 aliphatic rings. The number of benzene rings is 1. The lowest BCUT2D eigenvalue weighted by atomic mass is 10.1. The highest BCUT2D eigenvalue weighted by Gasteiger charge is 2.35. The topological polar surface area (TPSA) is 46.6 Å². The molecule has 0 atom stereocenters. The Balaban J connectivity index is 2.26. The summed E-state index contributed by atoms with van der Waals surface area (Å²) in [4.78, 5) is 25.3. The maximum absolute atomic E-state index is 11.9. The van der Waals surface area contributed by atoms with E-state index in [-0.39, 0.29) is 0 Å². The molecule has 4 heteroatoms. The molecule has 0 saturated carbocycles. The number of amides is 1. The van der Waals surface area contributed by atoms with E-state index in [4.69, 9.17) is 4.74 Å². The molecule has 0 fully saturated rings. The van der Waals surface area contributed by atoms with E-state index in [0.29, 0.717) is 31.0 Å². The summed E-state index contributed by atoms with van der Waals surface area (Å²) in [5, 5.41) is 0. The fraction of sp³-hybridized carbons (Fsp3) is 0.429. The number of ether oxygens (including phenoxy) is 1. The van der Waals surface area contributed by atoms with Gasteiger partial charge >= 0.3 is 0 Å². The Morgan fingerprint density at radius 1 is 1.22 bits per heavy atom. The van der Waals surface area contributed by atoms with Crippen LogP contribution in [0.2, 0.25) is 0 Å². The van der Waals surface area contributed by atoms with Crippen molar-refractivity contribution in [3.63, 3.8) is 0 Å². The summed E-state index contributed by atoms with van der Waals surface area (Å²) in [5.74, 6) is -0.852. The van der Waals surface area contributed by atoms with E-state index >= 15 is 0 Å². The zero-order valence-electron chi connectivity index (χ0n) is 10.7. The molecule has 96 valence electrons. The third kappa shape index (κ3) is 2.16. The maximum atomic E-state index is 11.9. The molecule has 0 saturated heterocycles. The van der Waals surface area contributed by atoms with Gasteiger partial charge in [-0.15, -0.1) is 0 Å². The summed E-state index contributed by atoms with van der Waals surface area (Å²) in [7, 11) is 0. The van der Waals surface area contributed by atoms with E-state index in [9.17, 15) is 9.59 Å². The average Bonchev–Trinajstić information content (AvgIpc) is 2.63. The molecule has 2 rings (SSSR count). The van der Waals surface area contributed by atoms with Crippen LogP contribution in [0.1, 0.15) is 29.8 Å². The molecule has 1 heterocycles. The molecule has 1 amide bonds. The number of carbonyl (C=O) groups is 2. The lowest BCUT2D eigenvalue weighted by Gasteiger charge is -2.16. The van der Waals surface area contributed by atoms with Gasteiger partial charge in [0.25, 0.3) is 11.7 Å². The Hall–Kier alpha value is -1.68. The van der Waals surface area contributed by atoms with Crippen LogP contribution in [0.5, 0.6) is 0 Å². The largest absolute Gasteiger partial charge is 0.380 e. The first-order valence-electron chi connectivity index (χ1n) is 6.25. The number of ketones is 1. The van der Waals surface area contributed by atoms with Crippen molar-refractivity contribution in [2.75, 3.05) is 24.7 Å². The highest BCUT2D eigenvalue weighted by Crippen LogP contribution is 2.29. The minimum atomic E-state index is -0.446. The molecule has 0 N–H and O–H groups in total. The lowest BCUT2D eigenvalue weighted by molar-refractivity contribution is -0.114. The lowest BCUT2D eigenvalue weighted by Crippen LogP contribution is -2.32. The Labute approximate surface area is 107 Å². The third-order valence-corrected chi connectivity index (χ3v) is 3.11. The van der Waals surface area contributed by atoms with Gasteiger partial charge in [0.1, 0.15) is 0 Å². The van der Waals surface area contributed by atoms with Gasteiger partial charge in [-0.25, -0.2) is 0 Å². The summed E-state index contributed by atoms with van der Waals surface area (Å²) in [6.45, 7) is 5.41. The van der Waals surface area contributed by atoms with Crippen LogP contribution in [0, 0.1) is 0 Å². The second-order valence-corrected chi connectivity index (χ2v) is 4.19. The number of anilines is 1. The smallest absolute Gasteiger partial charge is 0.299 e. The summed E-state index contributed by atoms with van der Waals surface area (Å²) in [5.41, 5.74) is 2.30. The van der Waals surface area contributed by atoms with Crippen molar-refractivity contribution in [1.82, 2.24) is 0 Å². The van der Waals surface area contributed by atoms with Crippen molar-refractivity contribution in [2.24, 2.45) is 0 Å². The van der Waals surface area contributed by atoms with Gasteiger partial charge in [0.05, 0.1) is 17.9 Å². The second-order valence-electron chi connectivity index (χ2n) is 4.19. The number of rotatable bonds is 5. The molecule has 0 bridgehead atoms. The third-order valence-electron chi connectivity index (χ3n) is 3.11. The number of carbonyl (C=O) groups excluding carboxylic acids is 2. The summed E-state index contributed by atoms with van der Waals surface area (Å²) in [6.07, 6.45) is 0.855. The van der Waals surface area contributed by atoms with Crippen LogP contribution in [0.15, 0.2) is 18.2 Å². The molecule has 0 spiro atoms. The maximum Gasteiger partial charge on any atom is 0.299 e. The van der Waals surface area contributed by atoms with E-state index in [2.05, 4.69) is 0 Å². The molecule has 1 aliphatic heterocycles. The van der Waals surface area contributed by atoms with Crippen molar-refractivity contribution in [3.8, 4) is 0 Å². The van der Waals surface area contributed by atoms with Crippen molar-refractivity contribution in [2.45, 2.75) is 20.3 Å². The van der Waals surface area contributed by atoms with Crippen LogP contribution in [0.25, 0.3) is 0 Å². The van der Waals surface area contributed by atoms with Gasteiger partial charge in [-0.05, 0) is 31.0 Å². The van der Waals surface area contributed by atoms with E-state index in [0.717, 1.165) is 12.0 Å². The highest BCUT2D eigenvalue weighted by atomic mass is 16.5. The molecule has 0 radical (unpaired) electrons. The predicted molar refractivity (Wildman–Crippen MR) is 69.0 cm³/mol. The highest BCUT2D eigenvalue weighted by molar-refractivity contribution is 6.52. The van der Waals surface area contributed by atoms with E-state index < -0.39 is 11.7 Å². The standard InChI is InChI=1S/C14H17NO3/c1-3-10-5-6-12-11(9-10)13(16)14(17)15(12)7-8-18-4-2/h5-6,9H,3-4,7-8H2,1-2H3. The Morgan fingerprint density at radius 3 is 2.67 bits per heavy atom. The molecule has 1 aromatic rings. The summed E-state index contributed by atoms with van der Waals surface area (Å²) in [6, 6.07) is 5.62.